The molecule has 286 valence electrons. The fourth-order valence-electron chi connectivity index (χ4n) is 9.03. The summed E-state index contributed by atoms with van der Waals surface area (Å²) < 4.78 is 9.07. The number of rotatable bonds is 7. The van der Waals surface area contributed by atoms with Crippen LogP contribution >= 0.6 is 11.3 Å². The summed E-state index contributed by atoms with van der Waals surface area (Å²) in [6.45, 7) is 0. The highest BCUT2D eigenvalue weighted by atomic mass is 32.1. The number of nitrogens with zero attached hydrogens (tertiary/aromatic N) is 1. The first kappa shape index (κ1) is 35.2. The van der Waals surface area contributed by atoms with Crippen LogP contribution in [-0.4, -0.2) is 0 Å². The normalized spacial score (nSPS) is 11.6. The van der Waals surface area contributed by atoms with Crippen LogP contribution in [0.4, 0.5) is 17.1 Å². The SMILES string of the molecule is c1cc(-c2ccc(N(c3ccc(-c4cccc5c4oc4ccccc45)cc3)c3ccc(-c4cccc5c4sc4ccccc45)cc3)cc2)cc(-c2ccc3ccccc3c2)c1. The molecule has 0 aliphatic heterocycles. The fourth-order valence-corrected chi connectivity index (χ4v) is 10.3. The molecule has 0 spiro atoms. The van der Waals surface area contributed by atoms with E-state index in [4.69, 9.17) is 4.42 Å². The summed E-state index contributed by atoms with van der Waals surface area (Å²) in [7, 11) is 0. The summed E-state index contributed by atoms with van der Waals surface area (Å²) in [6.07, 6.45) is 0. The van der Waals surface area contributed by atoms with Crippen molar-refractivity contribution in [2.75, 3.05) is 4.90 Å². The van der Waals surface area contributed by atoms with Crippen molar-refractivity contribution >= 4 is 81.3 Å². The van der Waals surface area contributed by atoms with Gasteiger partial charge < -0.3 is 9.32 Å². The standard InChI is InChI=1S/C58H37NOS/c1-2-11-42-37-45(23-22-38(42)10-1)44-13-7-12-43(36-44)39-24-30-46(31-25-39)59(47-32-26-40(27-33-47)49-16-8-18-53-51-14-3-5-20-55(51)60-57(49)53)48-34-28-41(29-35-48)50-17-9-19-54-52-15-4-6-21-56(52)61-58(50)54/h1-37H. The van der Waals surface area contributed by atoms with Crippen LogP contribution < -0.4 is 4.90 Å². The van der Waals surface area contributed by atoms with Crippen molar-refractivity contribution in [1.29, 1.82) is 0 Å². The van der Waals surface area contributed by atoms with Crippen LogP contribution in [0.5, 0.6) is 0 Å². The summed E-state index contributed by atoms with van der Waals surface area (Å²) in [6, 6.07) is 81.1. The second-order valence-corrected chi connectivity index (χ2v) is 16.7. The summed E-state index contributed by atoms with van der Waals surface area (Å²) in [4.78, 5) is 2.35. The maximum absolute atomic E-state index is 6.43. The number of fused-ring (bicyclic) bond motifs is 7. The maximum atomic E-state index is 6.43. The van der Waals surface area contributed by atoms with Gasteiger partial charge in [0.05, 0.1) is 0 Å². The summed E-state index contributed by atoms with van der Waals surface area (Å²) in [5.41, 5.74) is 14.5. The van der Waals surface area contributed by atoms with E-state index in [9.17, 15) is 0 Å². The molecule has 0 unspecified atom stereocenters. The topological polar surface area (TPSA) is 16.4 Å². The second-order valence-electron chi connectivity index (χ2n) is 15.7. The first-order chi connectivity index (χ1) is 30.2. The molecule has 3 heteroatoms. The van der Waals surface area contributed by atoms with Gasteiger partial charge in [-0.15, -0.1) is 11.3 Å². The van der Waals surface area contributed by atoms with E-state index in [0.717, 1.165) is 50.1 Å². The van der Waals surface area contributed by atoms with Gasteiger partial charge in [0, 0.05) is 53.6 Å². The summed E-state index contributed by atoms with van der Waals surface area (Å²) in [5.74, 6) is 0. The number of anilines is 3. The van der Waals surface area contributed by atoms with Gasteiger partial charge in [-0.1, -0.05) is 164 Å². The lowest BCUT2D eigenvalue weighted by Gasteiger charge is -2.26. The van der Waals surface area contributed by atoms with Gasteiger partial charge in [-0.2, -0.15) is 0 Å². The number of para-hydroxylation sites is 2. The minimum absolute atomic E-state index is 0.906. The van der Waals surface area contributed by atoms with Gasteiger partial charge in [0.2, 0.25) is 0 Å². The van der Waals surface area contributed by atoms with Gasteiger partial charge in [0.25, 0.3) is 0 Å². The number of benzene rings is 10. The molecule has 2 heterocycles. The zero-order valence-corrected chi connectivity index (χ0v) is 33.9. The molecule has 0 bridgehead atoms. The van der Waals surface area contributed by atoms with Gasteiger partial charge in [0.15, 0.2) is 0 Å². The van der Waals surface area contributed by atoms with E-state index in [1.54, 1.807) is 0 Å². The molecule has 0 radical (unpaired) electrons. The number of furan rings is 1. The van der Waals surface area contributed by atoms with Crippen molar-refractivity contribution in [3.8, 4) is 44.5 Å². The molecule has 0 amide bonds. The van der Waals surface area contributed by atoms with E-state index in [0.29, 0.717) is 0 Å². The van der Waals surface area contributed by atoms with Crippen LogP contribution in [0, 0.1) is 0 Å². The minimum atomic E-state index is 0.906. The zero-order valence-electron chi connectivity index (χ0n) is 33.1. The highest BCUT2D eigenvalue weighted by Crippen LogP contribution is 2.43. The molecule has 0 fully saturated rings. The van der Waals surface area contributed by atoms with Crippen LogP contribution in [0.3, 0.4) is 0 Å². The summed E-state index contributed by atoms with van der Waals surface area (Å²) >= 11 is 1.87. The molecule has 0 atom stereocenters. The molecule has 0 N–H and O–H groups in total. The number of thiophene rings is 1. The number of hydrogen-bond acceptors (Lipinski definition) is 3. The third-order valence-electron chi connectivity index (χ3n) is 12.1. The number of hydrogen-bond donors (Lipinski definition) is 0. The van der Waals surface area contributed by atoms with E-state index in [1.165, 1.54) is 64.3 Å². The second kappa shape index (κ2) is 14.5. The lowest BCUT2D eigenvalue weighted by Crippen LogP contribution is -2.09. The Labute approximate surface area is 357 Å². The average Bonchev–Trinajstić information content (AvgIpc) is 3.91. The Balaban J connectivity index is 0.925. The molecule has 0 saturated heterocycles. The molecule has 2 nitrogen and oxygen atoms in total. The van der Waals surface area contributed by atoms with E-state index in [2.05, 4.69) is 217 Å². The molecule has 0 aliphatic rings. The predicted molar refractivity (Wildman–Crippen MR) is 261 cm³/mol. The van der Waals surface area contributed by atoms with Crippen molar-refractivity contribution in [3.63, 3.8) is 0 Å². The Morgan fingerprint density at radius 1 is 0.328 bits per heavy atom. The minimum Gasteiger partial charge on any atom is -0.455 e. The average molecular weight is 796 g/mol. The van der Waals surface area contributed by atoms with Gasteiger partial charge in [-0.25, -0.2) is 0 Å². The smallest absolute Gasteiger partial charge is 0.143 e. The highest BCUT2D eigenvalue weighted by molar-refractivity contribution is 7.26. The van der Waals surface area contributed by atoms with E-state index in [-0.39, 0.29) is 0 Å². The third kappa shape index (κ3) is 6.18. The molecule has 12 rings (SSSR count). The van der Waals surface area contributed by atoms with E-state index >= 15 is 0 Å². The van der Waals surface area contributed by atoms with Gasteiger partial charge in [-0.05, 0) is 110 Å². The first-order valence-corrected chi connectivity index (χ1v) is 21.5. The van der Waals surface area contributed by atoms with Crippen LogP contribution in [0.15, 0.2) is 229 Å². The lowest BCUT2D eigenvalue weighted by molar-refractivity contribution is 0.670. The molecule has 12 aromatic rings. The largest absolute Gasteiger partial charge is 0.455 e. The first-order valence-electron chi connectivity index (χ1n) is 20.7. The van der Waals surface area contributed by atoms with E-state index < -0.39 is 0 Å². The van der Waals surface area contributed by atoms with Crippen LogP contribution in [0.2, 0.25) is 0 Å². The quantitative estimate of drug-likeness (QED) is 0.160. The van der Waals surface area contributed by atoms with E-state index in [1.807, 2.05) is 23.5 Å². The molecular weight excluding hydrogens is 759 g/mol. The van der Waals surface area contributed by atoms with Crippen molar-refractivity contribution in [2.24, 2.45) is 0 Å². The van der Waals surface area contributed by atoms with Gasteiger partial charge in [0.1, 0.15) is 11.2 Å². The van der Waals surface area contributed by atoms with Crippen molar-refractivity contribution < 1.29 is 4.42 Å². The maximum Gasteiger partial charge on any atom is 0.143 e. The third-order valence-corrected chi connectivity index (χ3v) is 13.3. The fraction of sp³-hybridized carbons (Fsp3) is 0. The predicted octanol–water partition coefficient (Wildman–Crippen LogP) is 17.2. The van der Waals surface area contributed by atoms with Crippen LogP contribution in [0.1, 0.15) is 0 Å². The van der Waals surface area contributed by atoms with Gasteiger partial charge in [-0.3, -0.25) is 0 Å². The van der Waals surface area contributed by atoms with Crippen molar-refractivity contribution in [1.82, 2.24) is 0 Å². The zero-order chi connectivity index (χ0) is 40.3. The van der Waals surface area contributed by atoms with Crippen LogP contribution in [0.25, 0.3) is 97.4 Å². The Morgan fingerprint density at radius 2 is 0.852 bits per heavy atom. The Bertz CT molecular complexity index is 3420. The molecule has 10 aromatic carbocycles. The lowest BCUT2D eigenvalue weighted by atomic mass is 9.97. The van der Waals surface area contributed by atoms with Gasteiger partial charge >= 0.3 is 0 Å². The highest BCUT2D eigenvalue weighted by Gasteiger charge is 2.17. The molecule has 61 heavy (non-hydrogen) atoms. The monoisotopic (exact) mass is 795 g/mol. The molecule has 0 aliphatic carbocycles. The Kier molecular flexibility index (Phi) is 8.39. The Hall–Kier alpha value is -7.72. The molecule has 2 aromatic heterocycles. The van der Waals surface area contributed by atoms with Crippen LogP contribution in [-0.2, 0) is 0 Å². The summed E-state index contributed by atoms with van der Waals surface area (Å²) in [5, 5.41) is 7.40. The van der Waals surface area contributed by atoms with Crippen molar-refractivity contribution in [2.45, 2.75) is 0 Å². The van der Waals surface area contributed by atoms with Crippen molar-refractivity contribution in [3.05, 3.63) is 224 Å². The molecule has 0 saturated carbocycles. The molecular formula is C58H37NOS. The Morgan fingerprint density at radius 3 is 1.61 bits per heavy atom.